The minimum atomic E-state index is -4.01. The number of nitro benzene ring substituents is 1. The molecule has 4 rings (SSSR count). The summed E-state index contributed by atoms with van der Waals surface area (Å²) in [7, 11) is -4.01. The van der Waals surface area contributed by atoms with E-state index in [0.717, 1.165) is 10.5 Å². The van der Waals surface area contributed by atoms with Crippen molar-refractivity contribution in [3.63, 3.8) is 0 Å². The van der Waals surface area contributed by atoms with Gasteiger partial charge >= 0.3 is 0 Å². The van der Waals surface area contributed by atoms with Crippen molar-refractivity contribution >= 4 is 38.8 Å². The average Bonchev–Trinajstić information content (AvgIpc) is 3.09. The Morgan fingerprint density at radius 3 is 2.23 bits per heavy atom. The summed E-state index contributed by atoms with van der Waals surface area (Å²) >= 11 is 0. The molecule has 0 aromatic heterocycles. The number of hydrogen-bond donors (Lipinski definition) is 2. The number of sulfonamides is 1. The highest BCUT2D eigenvalue weighted by molar-refractivity contribution is 7.89. The van der Waals surface area contributed by atoms with Crippen LogP contribution < -0.4 is 10.0 Å². The summed E-state index contributed by atoms with van der Waals surface area (Å²) in [4.78, 5) is 37.9. The number of primary sulfonamides is 1. The number of anilines is 1. The quantitative estimate of drug-likeness (QED) is 0.181. The summed E-state index contributed by atoms with van der Waals surface area (Å²) in [6, 6.07) is 15.7. The van der Waals surface area contributed by atoms with E-state index in [9.17, 15) is 33.2 Å². The predicted molar refractivity (Wildman–Crippen MR) is 127 cm³/mol. The molecule has 0 spiro atoms. The number of amides is 1. The molecule has 3 aromatic carbocycles. The second-order valence-electron chi connectivity index (χ2n) is 7.93. The van der Waals surface area contributed by atoms with Gasteiger partial charge in [-0.3, -0.25) is 24.6 Å². The van der Waals surface area contributed by atoms with Crippen LogP contribution in [0.4, 0.5) is 11.4 Å². The Bertz CT molecular complexity index is 1490. The zero-order chi connectivity index (χ0) is 25.5. The molecule has 1 fully saturated rings. The lowest BCUT2D eigenvalue weighted by atomic mass is 9.94. The van der Waals surface area contributed by atoms with Crippen LogP contribution in [-0.4, -0.2) is 30.1 Å². The number of carbonyl (C=O) groups is 2. The highest BCUT2D eigenvalue weighted by Gasteiger charge is 2.47. The van der Waals surface area contributed by atoms with E-state index in [2.05, 4.69) is 0 Å². The molecule has 1 amide bonds. The molecule has 1 aliphatic rings. The van der Waals surface area contributed by atoms with E-state index in [-0.39, 0.29) is 33.0 Å². The maximum absolute atomic E-state index is 13.1. The van der Waals surface area contributed by atoms with Crippen LogP contribution in [0.5, 0.6) is 0 Å². The molecular formula is C24H19N3O7S. The SMILES string of the molecule is Cc1ccc(C(O)=C2C(=O)C(=O)N(c3ccc(S(N)(=O)=O)cc3)[C@H]2c2cccc([N+](=O)[O-])c2)cc1. The van der Waals surface area contributed by atoms with Gasteiger partial charge in [-0.05, 0) is 36.8 Å². The first kappa shape index (κ1) is 23.8. The molecule has 0 radical (unpaired) electrons. The van der Waals surface area contributed by atoms with E-state index in [4.69, 9.17) is 5.14 Å². The lowest BCUT2D eigenvalue weighted by molar-refractivity contribution is -0.384. The van der Waals surface area contributed by atoms with Crippen LogP contribution >= 0.6 is 0 Å². The maximum Gasteiger partial charge on any atom is 0.300 e. The number of hydrogen-bond acceptors (Lipinski definition) is 7. The van der Waals surface area contributed by atoms with E-state index in [1.807, 2.05) is 6.92 Å². The molecule has 1 atom stereocenters. The number of nitro groups is 1. The van der Waals surface area contributed by atoms with Crippen molar-refractivity contribution < 1.29 is 28.0 Å². The lowest BCUT2D eigenvalue weighted by Crippen LogP contribution is -2.29. The van der Waals surface area contributed by atoms with Gasteiger partial charge in [0.2, 0.25) is 10.0 Å². The monoisotopic (exact) mass is 493 g/mol. The standard InChI is InChI=1S/C24H19N3O7S/c1-14-5-7-15(8-6-14)22(28)20-21(16-3-2-4-18(13-16)27(31)32)26(24(30)23(20)29)17-9-11-19(12-10-17)35(25,33)34/h2-13,21,28H,1H3,(H2,25,33,34)/t21-/m0/s1. The van der Waals surface area contributed by atoms with E-state index < -0.39 is 38.4 Å². The zero-order valence-electron chi connectivity index (χ0n) is 18.3. The van der Waals surface area contributed by atoms with Crippen LogP contribution in [0.3, 0.4) is 0 Å². The van der Waals surface area contributed by atoms with Crippen molar-refractivity contribution in [1.29, 1.82) is 0 Å². The molecule has 3 aromatic rings. The molecule has 1 saturated heterocycles. The average molecular weight is 493 g/mol. The molecule has 1 aliphatic heterocycles. The number of benzene rings is 3. The van der Waals surface area contributed by atoms with E-state index in [1.165, 1.54) is 48.5 Å². The largest absolute Gasteiger partial charge is 0.507 e. The first-order valence-electron chi connectivity index (χ1n) is 10.2. The number of rotatable bonds is 5. The van der Waals surface area contributed by atoms with Crippen LogP contribution in [0.25, 0.3) is 5.76 Å². The number of aliphatic hydroxyl groups excluding tert-OH is 1. The third-order valence-electron chi connectivity index (χ3n) is 5.61. The van der Waals surface area contributed by atoms with Crippen LogP contribution in [0.2, 0.25) is 0 Å². The Hall–Kier alpha value is -4.35. The lowest BCUT2D eigenvalue weighted by Gasteiger charge is -2.25. The van der Waals surface area contributed by atoms with Gasteiger partial charge in [0.15, 0.2) is 0 Å². The number of non-ortho nitro benzene ring substituents is 1. The van der Waals surface area contributed by atoms with Gasteiger partial charge in [0.05, 0.1) is 21.4 Å². The van der Waals surface area contributed by atoms with Gasteiger partial charge in [0, 0.05) is 23.4 Å². The number of nitrogens with two attached hydrogens (primary N) is 1. The maximum atomic E-state index is 13.1. The van der Waals surface area contributed by atoms with Crippen molar-refractivity contribution in [1.82, 2.24) is 0 Å². The molecule has 3 N–H and O–H groups in total. The normalized spacial score (nSPS) is 17.5. The summed E-state index contributed by atoms with van der Waals surface area (Å²) < 4.78 is 23.3. The third kappa shape index (κ3) is 4.42. The van der Waals surface area contributed by atoms with Crippen molar-refractivity contribution in [2.24, 2.45) is 5.14 Å². The molecular weight excluding hydrogens is 474 g/mol. The molecule has 0 unspecified atom stereocenters. The zero-order valence-corrected chi connectivity index (χ0v) is 19.1. The molecule has 1 heterocycles. The number of Topliss-reactive ketones (excluding diaryl/α,β-unsaturated/α-hetero) is 1. The molecule has 10 nitrogen and oxygen atoms in total. The fourth-order valence-corrected chi connectivity index (χ4v) is 4.40. The van der Waals surface area contributed by atoms with E-state index >= 15 is 0 Å². The van der Waals surface area contributed by atoms with Crippen molar-refractivity contribution in [2.75, 3.05) is 4.90 Å². The number of aliphatic hydroxyl groups is 1. The van der Waals surface area contributed by atoms with Gasteiger partial charge in [-0.25, -0.2) is 13.6 Å². The van der Waals surface area contributed by atoms with Crippen LogP contribution in [-0.2, 0) is 19.6 Å². The first-order chi connectivity index (χ1) is 16.5. The first-order valence-corrected chi connectivity index (χ1v) is 11.8. The summed E-state index contributed by atoms with van der Waals surface area (Å²) in [6.07, 6.45) is 0. The second kappa shape index (κ2) is 8.78. The Balaban J connectivity index is 1.95. The Morgan fingerprint density at radius 2 is 1.66 bits per heavy atom. The van der Waals surface area contributed by atoms with Crippen LogP contribution in [0.15, 0.2) is 83.3 Å². The summed E-state index contributed by atoms with van der Waals surface area (Å²) in [5.74, 6) is -2.42. The van der Waals surface area contributed by atoms with E-state index in [1.54, 1.807) is 24.3 Å². The number of carbonyl (C=O) groups excluding carboxylic acids is 2. The minimum Gasteiger partial charge on any atom is -0.507 e. The fraction of sp³-hybridized carbons (Fsp3) is 0.0833. The van der Waals surface area contributed by atoms with Crippen molar-refractivity contribution in [3.8, 4) is 0 Å². The van der Waals surface area contributed by atoms with Crippen LogP contribution in [0.1, 0.15) is 22.7 Å². The second-order valence-corrected chi connectivity index (χ2v) is 9.49. The van der Waals surface area contributed by atoms with Gasteiger partial charge in [-0.15, -0.1) is 0 Å². The molecule has 178 valence electrons. The van der Waals surface area contributed by atoms with Crippen molar-refractivity contribution in [2.45, 2.75) is 17.9 Å². The Labute approximate surface area is 200 Å². The highest BCUT2D eigenvalue weighted by Crippen LogP contribution is 2.43. The fourth-order valence-electron chi connectivity index (χ4n) is 3.89. The van der Waals surface area contributed by atoms with Gasteiger partial charge in [-0.2, -0.15) is 0 Å². The minimum absolute atomic E-state index is 0.138. The summed E-state index contributed by atoms with van der Waals surface area (Å²) in [5.41, 5.74) is 1.02. The van der Waals surface area contributed by atoms with Gasteiger partial charge in [0.1, 0.15) is 5.76 Å². The summed E-state index contributed by atoms with van der Waals surface area (Å²) in [6.45, 7) is 1.84. The van der Waals surface area contributed by atoms with Gasteiger partial charge in [-0.1, -0.05) is 42.0 Å². The highest BCUT2D eigenvalue weighted by atomic mass is 32.2. The van der Waals surface area contributed by atoms with Gasteiger partial charge in [0.25, 0.3) is 17.4 Å². The smallest absolute Gasteiger partial charge is 0.300 e. The molecule has 35 heavy (non-hydrogen) atoms. The third-order valence-corrected chi connectivity index (χ3v) is 6.54. The Morgan fingerprint density at radius 1 is 1.03 bits per heavy atom. The van der Waals surface area contributed by atoms with Crippen molar-refractivity contribution in [3.05, 3.63) is 105 Å². The van der Waals surface area contributed by atoms with E-state index in [0.29, 0.717) is 0 Å². The Kier molecular flexibility index (Phi) is 5.97. The number of nitrogens with zero attached hydrogens (tertiary/aromatic N) is 2. The molecule has 0 aliphatic carbocycles. The summed E-state index contributed by atoms with van der Waals surface area (Å²) in [5, 5.41) is 27.6. The van der Waals surface area contributed by atoms with Gasteiger partial charge < -0.3 is 5.11 Å². The number of ketones is 1. The molecule has 0 bridgehead atoms. The molecule has 11 heteroatoms. The topological polar surface area (TPSA) is 161 Å². The predicted octanol–water partition coefficient (Wildman–Crippen LogP) is 3.18. The van der Waals surface area contributed by atoms with Crippen LogP contribution in [0, 0.1) is 17.0 Å². The molecule has 0 saturated carbocycles. The number of aryl methyl sites for hydroxylation is 1.